The van der Waals surface area contributed by atoms with E-state index in [1.807, 2.05) is 0 Å². The van der Waals surface area contributed by atoms with E-state index in [2.05, 4.69) is 15.5 Å². The Morgan fingerprint density at radius 1 is 1.16 bits per heavy atom. The fourth-order valence-corrected chi connectivity index (χ4v) is 4.27. The summed E-state index contributed by atoms with van der Waals surface area (Å²) in [5, 5.41) is 9.74. The maximum absolute atomic E-state index is 12.3. The average Bonchev–Trinajstić information content (AvgIpc) is 3.16. The fraction of sp³-hybridized carbons (Fsp3) is 0.133. The van der Waals surface area contributed by atoms with Crippen LogP contribution in [0.25, 0.3) is 0 Å². The Hall–Kier alpha value is -2.23. The topological polar surface area (TPSA) is 102 Å². The molecule has 0 spiro atoms. The second-order valence-corrected chi connectivity index (χ2v) is 8.79. The molecule has 0 bridgehead atoms. The lowest BCUT2D eigenvalue weighted by Gasteiger charge is -2.00. The Bertz CT molecular complexity index is 983. The van der Waals surface area contributed by atoms with Crippen molar-refractivity contribution in [2.45, 2.75) is 17.1 Å². The summed E-state index contributed by atoms with van der Waals surface area (Å²) in [6, 6.07) is 11.3. The number of amides is 1. The van der Waals surface area contributed by atoms with Gasteiger partial charge in [0.05, 0.1) is 15.7 Å². The Kier molecular flexibility index (Phi) is 5.16. The van der Waals surface area contributed by atoms with Crippen LogP contribution in [-0.2, 0) is 26.8 Å². The van der Waals surface area contributed by atoms with E-state index in [0.717, 1.165) is 4.88 Å². The van der Waals surface area contributed by atoms with Crippen molar-refractivity contribution in [2.24, 2.45) is 0 Å². The Morgan fingerprint density at radius 3 is 2.60 bits per heavy atom. The first-order valence-corrected chi connectivity index (χ1v) is 9.91. The molecule has 0 saturated carbocycles. The summed E-state index contributed by atoms with van der Waals surface area (Å²) in [6.45, 7) is 0. The Balaban J connectivity index is 1.63. The van der Waals surface area contributed by atoms with Crippen molar-refractivity contribution < 1.29 is 17.6 Å². The molecule has 0 saturated heterocycles. The van der Waals surface area contributed by atoms with E-state index in [-0.39, 0.29) is 29.1 Å². The lowest BCUT2D eigenvalue weighted by atomic mass is 10.3. The van der Waals surface area contributed by atoms with Gasteiger partial charge in [0.15, 0.2) is 9.84 Å². The van der Waals surface area contributed by atoms with Gasteiger partial charge in [-0.1, -0.05) is 34.9 Å². The molecule has 1 amide bonds. The van der Waals surface area contributed by atoms with Crippen LogP contribution in [0.15, 0.2) is 51.8 Å². The van der Waals surface area contributed by atoms with E-state index in [1.165, 1.54) is 23.5 Å². The van der Waals surface area contributed by atoms with Crippen molar-refractivity contribution in [3.63, 3.8) is 0 Å². The highest BCUT2D eigenvalue weighted by molar-refractivity contribution is 7.90. The number of carbonyl (C=O) groups is 1. The zero-order chi connectivity index (χ0) is 17.9. The standard InChI is InChI=1S/C15H12ClN3O4S2/c16-12-7-6-10(24-12)8-13(20)17-15-19-18-14(23-15)9-25(21,22)11-4-2-1-3-5-11/h1-7H,8-9H2,(H,17,19,20). The van der Waals surface area contributed by atoms with Gasteiger partial charge in [-0.25, -0.2) is 8.42 Å². The van der Waals surface area contributed by atoms with Crippen molar-refractivity contribution in [1.82, 2.24) is 10.2 Å². The molecule has 1 aromatic carbocycles. The molecule has 1 N–H and O–H groups in total. The second kappa shape index (κ2) is 7.34. The number of halogens is 1. The first-order chi connectivity index (χ1) is 11.9. The van der Waals surface area contributed by atoms with Crippen LogP contribution in [0.5, 0.6) is 0 Å². The molecule has 2 heterocycles. The quantitative estimate of drug-likeness (QED) is 0.686. The van der Waals surface area contributed by atoms with Gasteiger partial charge in [-0.2, -0.15) is 0 Å². The third-order valence-corrected chi connectivity index (χ3v) is 5.94. The van der Waals surface area contributed by atoms with Crippen molar-refractivity contribution in [2.75, 3.05) is 5.32 Å². The summed E-state index contributed by atoms with van der Waals surface area (Å²) < 4.78 is 30.3. The summed E-state index contributed by atoms with van der Waals surface area (Å²) >= 11 is 7.10. The van der Waals surface area contributed by atoms with Gasteiger partial charge < -0.3 is 4.42 Å². The fourth-order valence-electron chi connectivity index (χ4n) is 2.00. The van der Waals surface area contributed by atoms with Gasteiger partial charge in [0, 0.05) is 4.88 Å². The summed E-state index contributed by atoms with van der Waals surface area (Å²) in [4.78, 5) is 12.9. The molecular weight excluding hydrogens is 386 g/mol. The van der Waals surface area contributed by atoms with Crippen LogP contribution in [-0.4, -0.2) is 24.5 Å². The van der Waals surface area contributed by atoms with E-state index >= 15 is 0 Å². The number of rotatable bonds is 6. The number of nitrogens with one attached hydrogen (secondary N) is 1. The van der Waals surface area contributed by atoms with Gasteiger partial charge in [-0.15, -0.1) is 16.4 Å². The van der Waals surface area contributed by atoms with Gasteiger partial charge in [0.1, 0.15) is 5.75 Å². The average molecular weight is 398 g/mol. The minimum absolute atomic E-state index is 0.0988. The SMILES string of the molecule is O=C(Cc1ccc(Cl)s1)Nc1nnc(CS(=O)(=O)c2ccccc2)o1. The molecule has 25 heavy (non-hydrogen) atoms. The molecule has 2 aromatic heterocycles. The summed E-state index contributed by atoms with van der Waals surface area (Å²) in [6.07, 6.45) is 0.109. The van der Waals surface area contributed by atoms with E-state index in [4.69, 9.17) is 16.0 Å². The zero-order valence-corrected chi connectivity index (χ0v) is 15.1. The van der Waals surface area contributed by atoms with E-state index in [9.17, 15) is 13.2 Å². The highest BCUT2D eigenvalue weighted by Crippen LogP contribution is 2.22. The molecule has 0 aliphatic carbocycles. The third-order valence-electron chi connectivity index (χ3n) is 3.09. The van der Waals surface area contributed by atoms with Gasteiger partial charge in [-0.3, -0.25) is 10.1 Å². The van der Waals surface area contributed by atoms with Crippen LogP contribution in [0.4, 0.5) is 6.01 Å². The van der Waals surface area contributed by atoms with E-state index in [0.29, 0.717) is 4.34 Å². The Labute approximate surface area is 152 Å². The molecule has 0 unspecified atom stereocenters. The lowest BCUT2D eigenvalue weighted by molar-refractivity contribution is -0.115. The molecule has 3 aromatic rings. The van der Waals surface area contributed by atoms with Crippen LogP contribution in [0.1, 0.15) is 10.8 Å². The summed E-state index contributed by atoms with van der Waals surface area (Å²) in [5.41, 5.74) is 0. The second-order valence-electron chi connectivity index (χ2n) is 5.00. The summed E-state index contributed by atoms with van der Waals surface area (Å²) in [5.74, 6) is -0.904. The van der Waals surface area contributed by atoms with Crippen LogP contribution in [0.3, 0.4) is 0 Å². The maximum Gasteiger partial charge on any atom is 0.322 e. The number of anilines is 1. The van der Waals surface area contributed by atoms with E-state index < -0.39 is 15.6 Å². The number of thiophene rings is 1. The molecular formula is C15H12ClN3O4S2. The molecule has 3 rings (SSSR count). The third kappa shape index (κ3) is 4.65. The van der Waals surface area contributed by atoms with Gasteiger partial charge >= 0.3 is 6.01 Å². The minimum Gasteiger partial charge on any atom is -0.407 e. The van der Waals surface area contributed by atoms with Gasteiger partial charge in [-0.05, 0) is 24.3 Å². The lowest BCUT2D eigenvalue weighted by Crippen LogP contribution is -2.13. The normalized spacial score (nSPS) is 11.4. The van der Waals surface area contributed by atoms with Gasteiger partial charge in [0.2, 0.25) is 11.8 Å². The van der Waals surface area contributed by atoms with Crippen LogP contribution >= 0.6 is 22.9 Å². The molecule has 130 valence electrons. The number of aromatic nitrogens is 2. The maximum atomic E-state index is 12.3. The Morgan fingerprint density at radius 2 is 1.92 bits per heavy atom. The largest absolute Gasteiger partial charge is 0.407 e. The van der Waals surface area contributed by atoms with Crippen LogP contribution < -0.4 is 5.32 Å². The van der Waals surface area contributed by atoms with Crippen molar-refractivity contribution >= 4 is 44.7 Å². The number of benzene rings is 1. The predicted octanol–water partition coefficient (Wildman–Crippen LogP) is 2.94. The number of hydrogen-bond acceptors (Lipinski definition) is 7. The van der Waals surface area contributed by atoms with E-state index in [1.54, 1.807) is 30.3 Å². The first kappa shape index (κ1) is 17.6. The molecule has 0 fully saturated rings. The summed E-state index contributed by atoms with van der Waals surface area (Å²) in [7, 11) is -3.60. The highest BCUT2D eigenvalue weighted by Gasteiger charge is 2.20. The molecule has 0 aliphatic heterocycles. The molecule has 7 nitrogen and oxygen atoms in total. The zero-order valence-electron chi connectivity index (χ0n) is 12.7. The van der Waals surface area contributed by atoms with Crippen molar-refractivity contribution in [3.05, 3.63) is 57.6 Å². The van der Waals surface area contributed by atoms with Crippen molar-refractivity contribution in [1.29, 1.82) is 0 Å². The minimum atomic E-state index is -3.60. The highest BCUT2D eigenvalue weighted by atomic mass is 35.5. The first-order valence-electron chi connectivity index (χ1n) is 7.06. The number of nitrogens with zero attached hydrogens (tertiary/aromatic N) is 2. The monoisotopic (exact) mass is 397 g/mol. The van der Waals surface area contributed by atoms with Crippen molar-refractivity contribution in [3.8, 4) is 0 Å². The molecule has 0 aliphatic rings. The number of hydrogen-bond donors (Lipinski definition) is 1. The molecule has 10 heteroatoms. The smallest absolute Gasteiger partial charge is 0.322 e. The van der Waals surface area contributed by atoms with Gasteiger partial charge in [0.25, 0.3) is 0 Å². The van der Waals surface area contributed by atoms with Crippen LogP contribution in [0.2, 0.25) is 4.34 Å². The number of carbonyl (C=O) groups excluding carboxylic acids is 1. The van der Waals surface area contributed by atoms with Crippen LogP contribution in [0, 0.1) is 0 Å². The molecule has 0 radical (unpaired) electrons. The number of sulfone groups is 1. The molecule has 0 atom stereocenters. The predicted molar refractivity (Wildman–Crippen MR) is 93.3 cm³/mol.